The van der Waals surface area contributed by atoms with Crippen LogP contribution in [0.3, 0.4) is 0 Å². The zero-order chi connectivity index (χ0) is 23.2. The van der Waals surface area contributed by atoms with E-state index in [1.165, 1.54) is 6.26 Å². The van der Waals surface area contributed by atoms with E-state index in [1.54, 1.807) is 35.1 Å². The van der Waals surface area contributed by atoms with Gasteiger partial charge in [-0.2, -0.15) is 5.10 Å². The van der Waals surface area contributed by atoms with Crippen molar-refractivity contribution in [3.63, 3.8) is 0 Å². The van der Waals surface area contributed by atoms with Crippen LogP contribution in [0, 0.1) is 0 Å². The van der Waals surface area contributed by atoms with Crippen molar-refractivity contribution in [1.82, 2.24) is 15.1 Å². The summed E-state index contributed by atoms with van der Waals surface area (Å²) in [5.41, 5.74) is 0.377. The highest BCUT2D eigenvalue weighted by molar-refractivity contribution is 9.10. The van der Waals surface area contributed by atoms with Crippen molar-refractivity contribution in [2.75, 3.05) is 5.32 Å². The quantitative estimate of drug-likeness (QED) is 0.338. The van der Waals surface area contributed by atoms with Crippen LogP contribution in [-0.4, -0.2) is 21.6 Å². The number of hydrogen-bond donors (Lipinski definition) is 2. The minimum Gasteiger partial charge on any atom is -0.484 e. The summed E-state index contributed by atoms with van der Waals surface area (Å²) in [5, 5.41) is 9.69. The van der Waals surface area contributed by atoms with Gasteiger partial charge in [0.1, 0.15) is 23.9 Å². The van der Waals surface area contributed by atoms with Gasteiger partial charge in [-0.25, -0.2) is 0 Å². The number of amides is 2. The van der Waals surface area contributed by atoms with Crippen molar-refractivity contribution >= 4 is 33.4 Å². The molecule has 2 amide bonds. The number of ether oxygens (including phenoxy) is 1. The molecular formula is C23H21BrN4O5. The number of rotatable bonds is 9. The van der Waals surface area contributed by atoms with E-state index in [-0.39, 0.29) is 30.3 Å². The number of aromatic nitrogens is 2. The van der Waals surface area contributed by atoms with E-state index in [9.17, 15) is 9.59 Å². The molecule has 0 unspecified atom stereocenters. The predicted molar refractivity (Wildman–Crippen MR) is 123 cm³/mol. The largest absolute Gasteiger partial charge is 0.484 e. The Morgan fingerprint density at radius 1 is 1.09 bits per heavy atom. The number of anilines is 1. The molecule has 4 rings (SSSR count). The number of halogens is 1. The molecule has 0 aliphatic carbocycles. The van der Waals surface area contributed by atoms with Crippen LogP contribution in [0.2, 0.25) is 0 Å². The number of furan rings is 2. The predicted octanol–water partition coefficient (Wildman–Crippen LogP) is 4.61. The summed E-state index contributed by atoms with van der Waals surface area (Å²) in [6.07, 6.45) is 3.12. The molecule has 10 heteroatoms. The van der Waals surface area contributed by atoms with E-state index in [0.717, 1.165) is 4.47 Å². The minimum absolute atomic E-state index is 0.0897. The molecule has 0 spiro atoms. The topological polar surface area (TPSA) is 112 Å². The molecule has 3 heterocycles. The molecule has 0 bridgehead atoms. The maximum atomic E-state index is 12.7. The van der Waals surface area contributed by atoms with E-state index in [2.05, 4.69) is 31.7 Å². The average Bonchev–Trinajstić information content (AvgIpc) is 3.58. The van der Waals surface area contributed by atoms with E-state index in [0.29, 0.717) is 23.8 Å². The average molecular weight is 513 g/mol. The molecule has 2 N–H and O–H groups in total. The molecule has 0 fully saturated rings. The van der Waals surface area contributed by atoms with Gasteiger partial charge in [-0.15, -0.1) is 0 Å². The van der Waals surface area contributed by atoms with Gasteiger partial charge in [-0.05, 0) is 59.3 Å². The number of nitrogens with one attached hydrogen (secondary N) is 2. The molecule has 0 saturated heterocycles. The molecule has 0 aliphatic rings. The second-order valence-corrected chi connectivity index (χ2v) is 7.80. The van der Waals surface area contributed by atoms with E-state index < -0.39 is 11.8 Å². The highest BCUT2D eigenvalue weighted by Crippen LogP contribution is 2.25. The van der Waals surface area contributed by atoms with E-state index in [1.807, 2.05) is 31.2 Å². The standard InChI is InChI=1S/C23H21BrN4O5/c1-2-28-13-18(21(27-28)23(30)25-12-15-6-5-11-31-15)26-22(29)20-10-9-16(33-20)14-32-19-8-4-3-7-17(19)24/h3-11,13H,2,12,14H2,1H3,(H,25,30)(H,26,29). The third-order valence-electron chi connectivity index (χ3n) is 4.64. The highest BCUT2D eigenvalue weighted by Gasteiger charge is 2.21. The molecule has 0 saturated carbocycles. The smallest absolute Gasteiger partial charge is 0.291 e. The fraction of sp³-hybridized carbons (Fsp3) is 0.174. The first kappa shape index (κ1) is 22.4. The number of aryl methyl sites for hydroxylation is 1. The van der Waals surface area contributed by atoms with Gasteiger partial charge in [0.2, 0.25) is 0 Å². The van der Waals surface area contributed by atoms with Gasteiger partial charge in [0.05, 0.1) is 23.0 Å². The third-order valence-corrected chi connectivity index (χ3v) is 5.30. The zero-order valence-electron chi connectivity index (χ0n) is 17.7. The molecule has 1 aromatic carbocycles. The maximum absolute atomic E-state index is 12.7. The summed E-state index contributed by atoms with van der Waals surface area (Å²) < 4.78 is 18.9. The molecule has 170 valence electrons. The number of carbonyl (C=O) groups excluding carboxylic acids is 2. The fourth-order valence-corrected chi connectivity index (χ4v) is 3.38. The molecule has 3 aromatic heterocycles. The Morgan fingerprint density at radius 2 is 1.94 bits per heavy atom. The lowest BCUT2D eigenvalue weighted by molar-refractivity contribution is 0.0943. The number of carbonyl (C=O) groups is 2. The summed E-state index contributed by atoms with van der Waals surface area (Å²) in [7, 11) is 0. The second-order valence-electron chi connectivity index (χ2n) is 6.95. The lowest BCUT2D eigenvalue weighted by Crippen LogP contribution is -2.25. The Labute approximate surface area is 197 Å². The van der Waals surface area contributed by atoms with Crippen LogP contribution in [0.25, 0.3) is 0 Å². The summed E-state index contributed by atoms with van der Waals surface area (Å²) in [4.78, 5) is 25.4. The lowest BCUT2D eigenvalue weighted by Gasteiger charge is -2.06. The molecule has 9 nitrogen and oxygen atoms in total. The monoisotopic (exact) mass is 512 g/mol. The number of para-hydroxylation sites is 1. The molecule has 0 atom stereocenters. The molecule has 0 aliphatic heterocycles. The number of benzene rings is 1. The Morgan fingerprint density at radius 3 is 2.70 bits per heavy atom. The van der Waals surface area contributed by atoms with Crippen molar-refractivity contribution in [3.05, 3.63) is 88.4 Å². The molecular weight excluding hydrogens is 492 g/mol. The number of hydrogen-bond acceptors (Lipinski definition) is 6. The Balaban J connectivity index is 1.41. The highest BCUT2D eigenvalue weighted by atomic mass is 79.9. The normalized spacial score (nSPS) is 10.7. The van der Waals surface area contributed by atoms with Gasteiger partial charge in [0.25, 0.3) is 11.8 Å². The summed E-state index contributed by atoms with van der Waals surface area (Å²) >= 11 is 3.42. The van der Waals surface area contributed by atoms with Gasteiger partial charge < -0.3 is 24.2 Å². The maximum Gasteiger partial charge on any atom is 0.291 e. The minimum atomic E-state index is -0.502. The van der Waals surface area contributed by atoms with Crippen LogP contribution in [0.4, 0.5) is 5.69 Å². The summed E-state index contributed by atoms with van der Waals surface area (Å²) in [5.74, 6) is 0.908. The summed E-state index contributed by atoms with van der Waals surface area (Å²) in [6, 6.07) is 14.1. The van der Waals surface area contributed by atoms with Gasteiger partial charge >= 0.3 is 0 Å². The second kappa shape index (κ2) is 10.2. The molecule has 0 radical (unpaired) electrons. The van der Waals surface area contributed by atoms with Crippen LogP contribution in [0.1, 0.15) is 39.5 Å². The Bertz CT molecular complexity index is 1250. The van der Waals surface area contributed by atoms with Crippen LogP contribution < -0.4 is 15.4 Å². The SMILES string of the molecule is CCn1cc(NC(=O)c2ccc(COc3ccccc3Br)o2)c(C(=O)NCc2ccco2)n1. The Kier molecular flexibility index (Phi) is 6.94. The molecule has 33 heavy (non-hydrogen) atoms. The van der Waals surface area contributed by atoms with Gasteiger partial charge in [0.15, 0.2) is 11.5 Å². The van der Waals surface area contributed by atoms with Crippen molar-refractivity contribution in [1.29, 1.82) is 0 Å². The zero-order valence-corrected chi connectivity index (χ0v) is 19.3. The van der Waals surface area contributed by atoms with Crippen molar-refractivity contribution in [2.24, 2.45) is 0 Å². The van der Waals surface area contributed by atoms with Gasteiger partial charge in [0, 0.05) is 12.7 Å². The van der Waals surface area contributed by atoms with Gasteiger partial charge in [-0.1, -0.05) is 12.1 Å². The van der Waals surface area contributed by atoms with Crippen LogP contribution in [0.5, 0.6) is 5.75 Å². The third kappa shape index (κ3) is 5.53. The van der Waals surface area contributed by atoms with Crippen molar-refractivity contribution in [3.8, 4) is 5.75 Å². The van der Waals surface area contributed by atoms with Crippen LogP contribution >= 0.6 is 15.9 Å². The number of nitrogens with zero attached hydrogens (tertiary/aromatic N) is 2. The Hall–Kier alpha value is -3.79. The fourth-order valence-electron chi connectivity index (χ4n) is 2.98. The first-order valence-electron chi connectivity index (χ1n) is 10.2. The first-order valence-corrected chi connectivity index (χ1v) is 11.0. The molecule has 4 aromatic rings. The summed E-state index contributed by atoms with van der Waals surface area (Å²) in [6.45, 7) is 2.78. The van der Waals surface area contributed by atoms with Crippen LogP contribution in [-0.2, 0) is 19.7 Å². The van der Waals surface area contributed by atoms with Crippen LogP contribution in [0.15, 0.2) is 74.3 Å². The van der Waals surface area contributed by atoms with Gasteiger partial charge in [-0.3, -0.25) is 14.3 Å². The lowest BCUT2D eigenvalue weighted by atomic mass is 10.3. The van der Waals surface area contributed by atoms with E-state index in [4.69, 9.17) is 13.6 Å². The van der Waals surface area contributed by atoms with Crippen molar-refractivity contribution < 1.29 is 23.2 Å². The van der Waals surface area contributed by atoms with E-state index >= 15 is 0 Å². The first-order chi connectivity index (χ1) is 16.0. The van der Waals surface area contributed by atoms with Crippen molar-refractivity contribution in [2.45, 2.75) is 26.6 Å².